The lowest BCUT2D eigenvalue weighted by Gasteiger charge is -2.36. The van der Waals surface area contributed by atoms with Gasteiger partial charge >= 0.3 is 6.01 Å². The van der Waals surface area contributed by atoms with Crippen LogP contribution in [-0.2, 0) is 0 Å². The van der Waals surface area contributed by atoms with Gasteiger partial charge in [0.1, 0.15) is 24.4 Å². The zero-order valence-corrected chi connectivity index (χ0v) is 20.8. The molecule has 0 atom stereocenters. The van der Waals surface area contributed by atoms with Gasteiger partial charge in [-0.1, -0.05) is 0 Å². The average molecular weight is 481 g/mol. The number of ether oxygens (including phenoxy) is 1. The Labute approximate surface area is 205 Å². The first-order valence-electron chi connectivity index (χ1n) is 12.2. The topological polar surface area (TPSA) is 69.9 Å². The van der Waals surface area contributed by atoms with E-state index in [9.17, 15) is 4.39 Å². The number of rotatable bonds is 6. The van der Waals surface area contributed by atoms with Gasteiger partial charge in [0.25, 0.3) is 0 Å². The van der Waals surface area contributed by atoms with E-state index < -0.39 is 5.82 Å². The highest BCUT2D eigenvalue weighted by Gasteiger charge is 2.25. The Hall–Kier alpha value is -3.33. The van der Waals surface area contributed by atoms with Gasteiger partial charge in [-0.25, -0.2) is 9.37 Å². The lowest BCUT2D eigenvalue weighted by atomic mass is 10.0. The maximum atomic E-state index is 14.8. The second-order valence-electron chi connectivity index (χ2n) is 9.69. The normalized spacial score (nSPS) is 16.5. The highest BCUT2D eigenvalue weighted by molar-refractivity contribution is 5.72. The van der Waals surface area contributed by atoms with Crippen LogP contribution in [0.3, 0.4) is 0 Å². The van der Waals surface area contributed by atoms with Crippen LogP contribution in [0.5, 0.6) is 5.75 Å². The Morgan fingerprint density at radius 2 is 1.94 bits per heavy atom. The Kier molecular flexibility index (Phi) is 6.51. The van der Waals surface area contributed by atoms with Gasteiger partial charge in [0.15, 0.2) is 11.6 Å². The van der Waals surface area contributed by atoms with Gasteiger partial charge in [-0.2, -0.15) is 4.98 Å². The summed E-state index contributed by atoms with van der Waals surface area (Å²) in [6, 6.07) is 8.52. The number of aromatic nitrogens is 2. The fourth-order valence-corrected chi connectivity index (χ4v) is 4.85. The van der Waals surface area contributed by atoms with E-state index in [0.29, 0.717) is 48.0 Å². The summed E-state index contributed by atoms with van der Waals surface area (Å²) in [5.74, 6) is 0.541. The number of piperidine rings is 1. The van der Waals surface area contributed by atoms with Crippen LogP contribution >= 0.6 is 0 Å². The molecule has 0 amide bonds. The fourth-order valence-electron chi connectivity index (χ4n) is 4.85. The predicted octanol–water partition coefficient (Wildman–Crippen LogP) is 4.76. The van der Waals surface area contributed by atoms with Crippen LogP contribution in [-0.4, -0.2) is 67.3 Å². The van der Waals surface area contributed by atoms with Crippen molar-refractivity contribution in [1.29, 1.82) is 0 Å². The van der Waals surface area contributed by atoms with Crippen molar-refractivity contribution in [1.82, 2.24) is 14.9 Å². The number of nitrogens with one attached hydrogen (secondary N) is 1. The molecule has 1 fully saturated rings. The molecule has 2 aliphatic rings. The Morgan fingerprint density at radius 3 is 2.63 bits per heavy atom. The summed E-state index contributed by atoms with van der Waals surface area (Å²) in [4.78, 5) is 15.9. The van der Waals surface area contributed by atoms with Crippen LogP contribution in [0.2, 0.25) is 0 Å². The van der Waals surface area contributed by atoms with Crippen LogP contribution in [0.25, 0.3) is 11.3 Å². The van der Waals surface area contributed by atoms with E-state index in [1.54, 1.807) is 0 Å². The highest BCUT2D eigenvalue weighted by atomic mass is 19.1. The highest BCUT2D eigenvalue weighted by Crippen LogP contribution is 2.39. The van der Waals surface area contributed by atoms with Crippen molar-refractivity contribution < 1.29 is 13.5 Å². The molecule has 0 unspecified atom stereocenters. The van der Waals surface area contributed by atoms with Crippen LogP contribution < -0.4 is 19.9 Å². The molecule has 0 aliphatic carbocycles. The van der Waals surface area contributed by atoms with E-state index in [1.807, 2.05) is 18.3 Å². The molecule has 35 heavy (non-hydrogen) atoms. The molecule has 3 aromatic rings. The number of hydrogen-bond acceptors (Lipinski definition) is 8. The van der Waals surface area contributed by atoms with E-state index in [1.165, 1.54) is 12.3 Å². The molecule has 0 saturated carbocycles. The van der Waals surface area contributed by atoms with Crippen molar-refractivity contribution in [3.05, 3.63) is 42.5 Å². The summed E-state index contributed by atoms with van der Waals surface area (Å²) in [6.07, 6.45) is 5.70. The number of nitrogens with zero attached hydrogens (tertiary/aromatic N) is 5. The number of fused-ring (bicyclic) bond motifs is 1. The molecule has 4 heterocycles. The molecule has 0 radical (unpaired) electrons. The molecule has 2 aliphatic heterocycles. The molecular formula is C26H33FN6O2. The minimum absolute atomic E-state index is 0.232. The second-order valence-corrected chi connectivity index (χ2v) is 9.69. The first-order valence-corrected chi connectivity index (χ1v) is 12.2. The van der Waals surface area contributed by atoms with Gasteiger partial charge in [-0.05, 0) is 65.0 Å². The van der Waals surface area contributed by atoms with Crippen LogP contribution in [0, 0.1) is 5.82 Å². The second kappa shape index (κ2) is 9.73. The predicted molar refractivity (Wildman–Crippen MR) is 136 cm³/mol. The van der Waals surface area contributed by atoms with Crippen molar-refractivity contribution in [2.75, 3.05) is 55.5 Å². The minimum atomic E-state index is -0.396. The molecule has 1 saturated heterocycles. The van der Waals surface area contributed by atoms with Crippen molar-refractivity contribution in [2.45, 2.75) is 38.8 Å². The van der Waals surface area contributed by atoms with Crippen molar-refractivity contribution in [3.8, 4) is 17.0 Å². The molecule has 1 aromatic carbocycles. The summed E-state index contributed by atoms with van der Waals surface area (Å²) < 4.78 is 26.0. The summed E-state index contributed by atoms with van der Waals surface area (Å²) >= 11 is 0. The molecule has 0 spiro atoms. The van der Waals surface area contributed by atoms with Crippen molar-refractivity contribution >= 4 is 23.2 Å². The zero-order chi connectivity index (χ0) is 24.5. The van der Waals surface area contributed by atoms with E-state index in [2.05, 4.69) is 64.0 Å². The smallest absolute Gasteiger partial charge is 0.300 e. The molecule has 5 rings (SSSR count). The van der Waals surface area contributed by atoms with Crippen LogP contribution in [0.1, 0.15) is 26.7 Å². The standard InChI is InChI=1S/C26H33FN6O2/c1-17(2)33-11-12-34-25-21(27)13-18(14-23(25)33)22-16-35-26(29-22)30-24-6-5-20(15-28-24)32-9-7-19(8-10-32)31(3)4/h5-6,13-17,19H,7-12H2,1-4H3,(H,28,29,30). The summed E-state index contributed by atoms with van der Waals surface area (Å²) in [5, 5.41) is 3.11. The summed E-state index contributed by atoms with van der Waals surface area (Å²) in [7, 11) is 4.29. The van der Waals surface area contributed by atoms with Gasteiger partial charge < -0.3 is 23.9 Å². The summed E-state index contributed by atoms with van der Waals surface area (Å²) in [5.41, 5.74) is 3.04. The Morgan fingerprint density at radius 1 is 1.14 bits per heavy atom. The lowest BCUT2D eigenvalue weighted by Crippen LogP contribution is -2.42. The van der Waals surface area contributed by atoms with Crippen LogP contribution in [0.15, 0.2) is 41.1 Å². The van der Waals surface area contributed by atoms with Gasteiger partial charge in [0.05, 0.1) is 24.1 Å². The molecule has 9 heteroatoms. The van der Waals surface area contributed by atoms with E-state index in [0.717, 1.165) is 37.3 Å². The molecule has 0 bridgehead atoms. The van der Waals surface area contributed by atoms with Crippen molar-refractivity contribution in [3.63, 3.8) is 0 Å². The third-order valence-electron chi connectivity index (χ3n) is 6.88. The maximum Gasteiger partial charge on any atom is 0.300 e. The number of oxazole rings is 1. The largest absolute Gasteiger partial charge is 0.486 e. The zero-order valence-electron chi connectivity index (χ0n) is 20.8. The molecule has 186 valence electrons. The SMILES string of the molecule is CC(C)N1CCOc2c(F)cc(-c3coc(Nc4ccc(N5CCC(N(C)C)CC5)cn4)n3)cc21. The number of anilines is 4. The van der Waals surface area contributed by atoms with Crippen molar-refractivity contribution in [2.24, 2.45) is 0 Å². The third-order valence-corrected chi connectivity index (χ3v) is 6.88. The number of hydrogen-bond donors (Lipinski definition) is 1. The summed E-state index contributed by atoms with van der Waals surface area (Å²) in [6.45, 7) is 7.41. The minimum Gasteiger partial charge on any atom is -0.486 e. The fraction of sp³-hybridized carbons (Fsp3) is 0.462. The molecule has 2 aromatic heterocycles. The van der Waals surface area contributed by atoms with Crippen LogP contribution in [0.4, 0.5) is 27.6 Å². The molecule has 8 nitrogen and oxygen atoms in total. The van der Waals surface area contributed by atoms with Gasteiger partial charge in [-0.3, -0.25) is 5.32 Å². The monoisotopic (exact) mass is 480 g/mol. The van der Waals surface area contributed by atoms with E-state index in [-0.39, 0.29) is 6.04 Å². The van der Waals surface area contributed by atoms with E-state index >= 15 is 0 Å². The van der Waals surface area contributed by atoms with E-state index in [4.69, 9.17) is 9.15 Å². The number of pyridine rings is 1. The average Bonchev–Trinajstić information content (AvgIpc) is 3.32. The third kappa shape index (κ3) is 4.91. The van der Waals surface area contributed by atoms with Gasteiger partial charge in [0, 0.05) is 30.7 Å². The molecular weight excluding hydrogens is 447 g/mol. The Balaban J connectivity index is 1.28. The van der Waals surface area contributed by atoms with Gasteiger partial charge in [-0.15, -0.1) is 0 Å². The maximum absolute atomic E-state index is 14.8. The Bertz CT molecular complexity index is 1160. The van der Waals surface area contributed by atoms with Gasteiger partial charge in [0.2, 0.25) is 0 Å². The molecule has 1 N–H and O–H groups in total. The number of halogens is 1. The lowest BCUT2D eigenvalue weighted by molar-refractivity contribution is 0.249. The first kappa shape index (κ1) is 23.4. The quantitative estimate of drug-likeness (QED) is 0.542. The number of benzene rings is 1. The first-order chi connectivity index (χ1) is 16.9.